The van der Waals surface area contributed by atoms with Gasteiger partial charge in [-0.05, 0) is 49.6 Å². The maximum Gasteiger partial charge on any atom is 0.262 e. The number of ether oxygens (including phenoxy) is 1. The minimum atomic E-state index is -0.600. The fraction of sp³-hybridized carbons (Fsp3) is 0.364. The van der Waals surface area contributed by atoms with E-state index >= 15 is 0 Å². The molecule has 0 spiro atoms. The minimum Gasteiger partial charge on any atom is -0.481 e. The van der Waals surface area contributed by atoms with Crippen molar-refractivity contribution in [3.8, 4) is 5.75 Å². The highest BCUT2D eigenvalue weighted by atomic mass is 35.5. The molecule has 0 amide bonds. The Morgan fingerprint density at radius 3 is 2.64 bits per heavy atom. The molecular weight excluding hydrogens is 200 g/mol. The molecule has 0 aliphatic rings. The molecule has 0 radical (unpaired) electrons. The van der Waals surface area contributed by atoms with Gasteiger partial charge in [0.05, 0.1) is 0 Å². The number of carbonyl (C=O) groups excluding carboxylic acids is 1. The van der Waals surface area contributed by atoms with E-state index in [1.54, 1.807) is 6.92 Å². The largest absolute Gasteiger partial charge is 0.481 e. The van der Waals surface area contributed by atoms with E-state index in [1.807, 2.05) is 32.0 Å². The lowest BCUT2D eigenvalue weighted by atomic mass is 10.1. The number of halogens is 1. The third kappa shape index (κ3) is 2.48. The van der Waals surface area contributed by atoms with E-state index in [-0.39, 0.29) is 0 Å². The van der Waals surface area contributed by atoms with Crippen LogP contribution in [0.2, 0.25) is 0 Å². The number of rotatable bonds is 3. The van der Waals surface area contributed by atoms with Gasteiger partial charge in [0.15, 0.2) is 6.10 Å². The van der Waals surface area contributed by atoms with Gasteiger partial charge in [0.1, 0.15) is 5.75 Å². The fourth-order valence-corrected chi connectivity index (χ4v) is 1.13. The van der Waals surface area contributed by atoms with E-state index in [0.717, 1.165) is 11.1 Å². The summed E-state index contributed by atoms with van der Waals surface area (Å²) in [5, 5.41) is -0.481. The predicted octanol–water partition coefficient (Wildman–Crippen LogP) is 2.84. The molecule has 1 rings (SSSR count). The molecule has 0 saturated heterocycles. The second kappa shape index (κ2) is 4.47. The number of benzene rings is 1. The number of hydrogen-bond donors (Lipinski definition) is 0. The zero-order valence-electron chi connectivity index (χ0n) is 8.50. The molecule has 0 fully saturated rings. The molecule has 0 aromatic heterocycles. The van der Waals surface area contributed by atoms with Gasteiger partial charge in [0.25, 0.3) is 5.24 Å². The first-order valence-electron chi connectivity index (χ1n) is 4.44. The van der Waals surface area contributed by atoms with Gasteiger partial charge in [-0.2, -0.15) is 0 Å². The number of aryl methyl sites for hydroxylation is 1. The summed E-state index contributed by atoms with van der Waals surface area (Å²) in [7, 11) is 0. The normalized spacial score (nSPS) is 12.3. The van der Waals surface area contributed by atoms with Crippen LogP contribution in [-0.4, -0.2) is 11.3 Å². The Labute approximate surface area is 88.8 Å². The van der Waals surface area contributed by atoms with Crippen molar-refractivity contribution in [1.82, 2.24) is 0 Å². The molecule has 1 aromatic carbocycles. The molecule has 3 heteroatoms. The van der Waals surface area contributed by atoms with Gasteiger partial charge in [0, 0.05) is 0 Å². The molecule has 0 saturated carbocycles. The van der Waals surface area contributed by atoms with E-state index in [1.165, 1.54) is 0 Å². The molecule has 0 aliphatic heterocycles. The molecule has 0 heterocycles. The summed E-state index contributed by atoms with van der Waals surface area (Å²) in [5.74, 6) is 0.714. The van der Waals surface area contributed by atoms with Crippen LogP contribution in [0.5, 0.6) is 5.75 Å². The number of hydrogen-bond acceptors (Lipinski definition) is 2. The summed E-state index contributed by atoms with van der Waals surface area (Å²) < 4.78 is 5.41. The average Bonchev–Trinajstić information content (AvgIpc) is 2.12. The van der Waals surface area contributed by atoms with E-state index < -0.39 is 11.3 Å². The van der Waals surface area contributed by atoms with Crippen LogP contribution in [0.25, 0.3) is 0 Å². The third-order valence-electron chi connectivity index (χ3n) is 2.18. The first kappa shape index (κ1) is 11.1. The summed E-state index contributed by atoms with van der Waals surface area (Å²) in [6, 6.07) is 5.72. The smallest absolute Gasteiger partial charge is 0.262 e. The second-order valence-corrected chi connectivity index (χ2v) is 3.63. The Bertz CT molecular complexity index is 347. The topological polar surface area (TPSA) is 26.3 Å². The lowest BCUT2D eigenvalue weighted by Crippen LogP contribution is -2.19. The van der Waals surface area contributed by atoms with Gasteiger partial charge in [0.2, 0.25) is 0 Å². The average molecular weight is 213 g/mol. The summed E-state index contributed by atoms with van der Waals surface area (Å²) in [6.45, 7) is 5.59. The number of carbonyl (C=O) groups is 1. The molecular formula is C11H13ClO2. The van der Waals surface area contributed by atoms with Crippen LogP contribution in [0, 0.1) is 13.8 Å². The Balaban J connectivity index is 2.87. The van der Waals surface area contributed by atoms with Crippen molar-refractivity contribution in [2.75, 3.05) is 0 Å². The fourth-order valence-electron chi connectivity index (χ4n) is 1.09. The van der Waals surface area contributed by atoms with Crippen LogP contribution in [0.3, 0.4) is 0 Å². The van der Waals surface area contributed by atoms with Crippen LogP contribution < -0.4 is 4.74 Å². The summed E-state index contributed by atoms with van der Waals surface area (Å²) in [6.07, 6.45) is -0.600. The standard InChI is InChI=1S/C11H13ClO2/c1-7-5-4-6-10(8(7)2)14-9(3)11(12)13/h4-6,9H,1-3H3/t9-/m1/s1. The van der Waals surface area contributed by atoms with Crippen molar-refractivity contribution in [2.45, 2.75) is 26.9 Å². The van der Waals surface area contributed by atoms with Crippen LogP contribution in [0.15, 0.2) is 18.2 Å². The van der Waals surface area contributed by atoms with Crippen LogP contribution in [-0.2, 0) is 4.79 Å². The highest BCUT2D eigenvalue weighted by Crippen LogP contribution is 2.21. The van der Waals surface area contributed by atoms with Gasteiger partial charge < -0.3 is 4.74 Å². The van der Waals surface area contributed by atoms with Gasteiger partial charge in [-0.1, -0.05) is 12.1 Å². The van der Waals surface area contributed by atoms with E-state index in [9.17, 15) is 4.79 Å². The van der Waals surface area contributed by atoms with Gasteiger partial charge in [-0.15, -0.1) is 0 Å². The molecule has 2 nitrogen and oxygen atoms in total. The highest BCUT2D eigenvalue weighted by Gasteiger charge is 2.12. The zero-order chi connectivity index (χ0) is 10.7. The maximum atomic E-state index is 10.8. The van der Waals surface area contributed by atoms with E-state index in [2.05, 4.69) is 0 Å². The summed E-state index contributed by atoms with van der Waals surface area (Å²) in [5.41, 5.74) is 2.17. The van der Waals surface area contributed by atoms with Crippen molar-refractivity contribution in [1.29, 1.82) is 0 Å². The lowest BCUT2D eigenvalue weighted by molar-refractivity contribution is -0.117. The van der Waals surface area contributed by atoms with Gasteiger partial charge in [-0.3, -0.25) is 4.79 Å². The van der Waals surface area contributed by atoms with Crippen LogP contribution in [0.4, 0.5) is 0 Å². The zero-order valence-corrected chi connectivity index (χ0v) is 9.26. The molecule has 14 heavy (non-hydrogen) atoms. The lowest BCUT2D eigenvalue weighted by Gasteiger charge is -2.13. The predicted molar refractivity (Wildman–Crippen MR) is 56.9 cm³/mol. The van der Waals surface area contributed by atoms with Crippen molar-refractivity contribution >= 4 is 16.8 Å². The highest BCUT2D eigenvalue weighted by molar-refractivity contribution is 6.64. The third-order valence-corrected chi connectivity index (χ3v) is 2.49. The minimum absolute atomic E-state index is 0.481. The summed E-state index contributed by atoms with van der Waals surface area (Å²) >= 11 is 5.31. The first-order chi connectivity index (χ1) is 6.52. The monoisotopic (exact) mass is 212 g/mol. The quantitative estimate of drug-likeness (QED) is 0.721. The molecule has 0 unspecified atom stereocenters. The summed E-state index contributed by atoms with van der Waals surface area (Å²) in [4.78, 5) is 10.8. The Kier molecular flexibility index (Phi) is 3.53. The molecule has 1 aromatic rings. The van der Waals surface area contributed by atoms with Crippen molar-refractivity contribution in [3.05, 3.63) is 29.3 Å². The second-order valence-electron chi connectivity index (χ2n) is 3.26. The molecule has 0 bridgehead atoms. The van der Waals surface area contributed by atoms with E-state index in [0.29, 0.717) is 5.75 Å². The maximum absolute atomic E-state index is 10.8. The first-order valence-corrected chi connectivity index (χ1v) is 4.82. The molecule has 0 aliphatic carbocycles. The van der Waals surface area contributed by atoms with Crippen LogP contribution >= 0.6 is 11.6 Å². The van der Waals surface area contributed by atoms with Gasteiger partial charge >= 0.3 is 0 Å². The Morgan fingerprint density at radius 1 is 1.43 bits per heavy atom. The van der Waals surface area contributed by atoms with Gasteiger partial charge in [-0.25, -0.2) is 0 Å². The van der Waals surface area contributed by atoms with E-state index in [4.69, 9.17) is 16.3 Å². The Morgan fingerprint density at radius 2 is 2.07 bits per heavy atom. The Hall–Kier alpha value is -1.02. The molecule has 1 atom stereocenters. The van der Waals surface area contributed by atoms with Crippen molar-refractivity contribution in [2.24, 2.45) is 0 Å². The molecule has 0 N–H and O–H groups in total. The van der Waals surface area contributed by atoms with Crippen LogP contribution in [0.1, 0.15) is 18.1 Å². The molecule has 76 valence electrons. The SMILES string of the molecule is Cc1cccc(O[C@H](C)C(=O)Cl)c1C. The van der Waals surface area contributed by atoms with Crippen molar-refractivity contribution < 1.29 is 9.53 Å². The van der Waals surface area contributed by atoms with Crippen molar-refractivity contribution in [3.63, 3.8) is 0 Å².